The van der Waals surface area contributed by atoms with Crippen LogP contribution in [-0.4, -0.2) is 42.8 Å². The topological polar surface area (TPSA) is 115 Å². The molecule has 0 radical (unpaired) electrons. The number of amides is 2. The number of thioether (sulfide) groups is 1. The molecule has 0 bridgehead atoms. The number of anilines is 2. The van der Waals surface area contributed by atoms with E-state index in [0.29, 0.717) is 27.4 Å². The number of tetrazole rings is 1. The number of hydrogen-bond donors (Lipinski definition) is 2. The highest BCUT2D eigenvalue weighted by Gasteiger charge is 2.13. The Bertz CT molecular complexity index is 1240. The van der Waals surface area contributed by atoms with Crippen molar-refractivity contribution in [3.8, 4) is 16.9 Å². The van der Waals surface area contributed by atoms with Gasteiger partial charge in [0.2, 0.25) is 17.0 Å². The fourth-order valence-electron chi connectivity index (χ4n) is 2.69. The zero-order chi connectivity index (χ0) is 22.5. The summed E-state index contributed by atoms with van der Waals surface area (Å²) in [5.41, 5.74) is 2.77. The molecule has 0 unspecified atom stereocenters. The maximum atomic E-state index is 13.1. The van der Waals surface area contributed by atoms with Crippen molar-refractivity contribution >= 4 is 45.7 Å². The van der Waals surface area contributed by atoms with E-state index in [2.05, 4.69) is 31.1 Å². The molecular formula is C20H16FN7O2S2. The summed E-state index contributed by atoms with van der Waals surface area (Å²) in [6, 6.07) is 13.0. The van der Waals surface area contributed by atoms with E-state index in [1.165, 1.54) is 46.8 Å². The Labute approximate surface area is 190 Å². The number of halogens is 1. The first-order valence-corrected chi connectivity index (χ1v) is 11.1. The quantitative estimate of drug-likeness (QED) is 0.397. The van der Waals surface area contributed by atoms with Gasteiger partial charge in [-0.1, -0.05) is 11.8 Å². The van der Waals surface area contributed by atoms with Gasteiger partial charge in [-0.25, -0.2) is 9.37 Å². The van der Waals surface area contributed by atoms with Crippen molar-refractivity contribution in [3.05, 3.63) is 59.7 Å². The number of nitrogens with one attached hydrogen (secondary N) is 2. The molecule has 0 saturated carbocycles. The molecule has 12 heteroatoms. The number of thiazole rings is 1. The molecule has 4 aromatic rings. The van der Waals surface area contributed by atoms with E-state index in [9.17, 15) is 14.0 Å². The molecule has 2 amide bonds. The molecule has 32 heavy (non-hydrogen) atoms. The van der Waals surface area contributed by atoms with Crippen LogP contribution >= 0.6 is 23.1 Å². The maximum Gasteiger partial charge on any atom is 0.236 e. The average Bonchev–Trinajstić information content (AvgIpc) is 3.43. The van der Waals surface area contributed by atoms with Crippen LogP contribution in [0.15, 0.2) is 59.1 Å². The van der Waals surface area contributed by atoms with Gasteiger partial charge in [-0.3, -0.25) is 9.59 Å². The van der Waals surface area contributed by atoms with Crippen LogP contribution in [-0.2, 0) is 9.59 Å². The highest BCUT2D eigenvalue weighted by molar-refractivity contribution is 7.99. The lowest BCUT2D eigenvalue weighted by Crippen LogP contribution is -2.14. The smallest absolute Gasteiger partial charge is 0.236 e. The van der Waals surface area contributed by atoms with E-state index in [4.69, 9.17) is 0 Å². The molecule has 0 fully saturated rings. The van der Waals surface area contributed by atoms with Crippen molar-refractivity contribution in [2.75, 3.05) is 16.4 Å². The minimum absolute atomic E-state index is 0.0792. The van der Waals surface area contributed by atoms with Crippen LogP contribution in [0.5, 0.6) is 0 Å². The molecule has 0 spiro atoms. The first-order chi connectivity index (χ1) is 15.5. The number of carbonyl (C=O) groups is 2. The van der Waals surface area contributed by atoms with E-state index >= 15 is 0 Å². The van der Waals surface area contributed by atoms with Crippen LogP contribution < -0.4 is 10.6 Å². The summed E-state index contributed by atoms with van der Waals surface area (Å²) in [6.45, 7) is 1.43. The molecule has 2 aromatic heterocycles. The van der Waals surface area contributed by atoms with Gasteiger partial charge < -0.3 is 10.6 Å². The van der Waals surface area contributed by atoms with Crippen molar-refractivity contribution in [1.29, 1.82) is 0 Å². The number of aromatic nitrogens is 5. The van der Waals surface area contributed by atoms with Gasteiger partial charge in [0.1, 0.15) is 5.82 Å². The van der Waals surface area contributed by atoms with Crippen LogP contribution in [0.25, 0.3) is 16.9 Å². The third kappa shape index (κ3) is 5.34. The average molecular weight is 470 g/mol. The number of hydrogen-bond acceptors (Lipinski definition) is 8. The van der Waals surface area contributed by atoms with Gasteiger partial charge in [0.05, 0.1) is 17.1 Å². The van der Waals surface area contributed by atoms with E-state index in [1.54, 1.807) is 41.8 Å². The molecule has 0 atom stereocenters. The number of nitrogens with zero attached hydrogens (tertiary/aromatic N) is 5. The monoisotopic (exact) mass is 469 g/mol. The molecule has 4 rings (SSSR count). The van der Waals surface area contributed by atoms with E-state index in [0.717, 1.165) is 5.56 Å². The molecule has 0 aliphatic carbocycles. The molecule has 2 aromatic carbocycles. The molecule has 0 aliphatic rings. The SMILES string of the molecule is CC(=O)Nc1ccc(-n2nnnc2SCC(=O)Nc2nc(-c3ccc(F)cc3)cs2)cc1. The molecule has 2 heterocycles. The third-order valence-electron chi connectivity index (χ3n) is 4.10. The predicted octanol–water partition coefficient (Wildman–Crippen LogP) is 3.61. The highest BCUT2D eigenvalue weighted by Crippen LogP contribution is 2.26. The molecule has 9 nitrogen and oxygen atoms in total. The van der Waals surface area contributed by atoms with Gasteiger partial charge in [0.15, 0.2) is 5.13 Å². The summed E-state index contributed by atoms with van der Waals surface area (Å²) in [5.74, 6) is -0.658. The Morgan fingerprint density at radius 2 is 1.84 bits per heavy atom. The minimum Gasteiger partial charge on any atom is -0.326 e. The Kier molecular flexibility index (Phi) is 6.52. The lowest BCUT2D eigenvalue weighted by molar-refractivity contribution is -0.114. The van der Waals surface area contributed by atoms with Gasteiger partial charge >= 0.3 is 0 Å². The molecule has 162 valence electrons. The van der Waals surface area contributed by atoms with Crippen LogP contribution in [0.3, 0.4) is 0 Å². The van der Waals surface area contributed by atoms with Crippen molar-refractivity contribution in [3.63, 3.8) is 0 Å². The Balaban J connectivity index is 1.36. The van der Waals surface area contributed by atoms with E-state index < -0.39 is 0 Å². The van der Waals surface area contributed by atoms with Crippen molar-refractivity contribution in [2.45, 2.75) is 12.1 Å². The number of carbonyl (C=O) groups excluding carboxylic acids is 2. The number of rotatable bonds is 7. The van der Waals surface area contributed by atoms with Crippen LogP contribution in [0.2, 0.25) is 0 Å². The Hall–Kier alpha value is -3.64. The fourth-order valence-corrected chi connectivity index (χ4v) is 4.12. The summed E-state index contributed by atoms with van der Waals surface area (Å²) in [5, 5.41) is 19.7. The fraction of sp³-hybridized carbons (Fsp3) is 0.100. The largest absolute Gasteiger partial charge is 0.326 e. The third-order valence-corrected chi connectivity index (χ3v) is 5.77. The van der Waals surface area contributed by atoms with Gasteiger partial charge in [0, 0.05) is 23.6 Å². The van der Waals surface area contributed by atoms with E-state index in [-0.39, 0.29) is 23.4 Å². The molecular weight excluding hydrogens is 453 g/mol. The minimum atomic E-state index is -0.319. The highest BCUT2D eigenvalue weighted by atomic mass is 32.2. The van der Waals surface area contributed by atoms with E-state index in [1.807, 2.05) is 0 Å². The lowest BCUT2D eigenvalue weighted by atomic mass is 10.2. The second-order valence-electron chi connectivity index (χ2n) is 6.48. The molecule has 0 aliphatic heterocycles. The second-order valence-corrected chi connectivity index (χ2v) is 8.28. The van der Waals surface area contributed by atoms with Crippen LogP contribution in [0.4, 0.5) is 15.2 Å². The summed E-state index contributed by atoms with van der Waals surface area (Å²) in [7, 11) is 0. The van der Waals surface area contributed by atoms with Gasteiger partial charge in [-0.15, -0.1) is 16.4 Å². The Morgan fingerprint density at radius 3 is 2.56 bits per heavy atom. The van der Waals surface area contributed by atoms with Gasteiger partial charge in [-0.2, -0.15) is 4.68 Å². The standard InChI is InChI=1S/C20H16FN7O2S2/c1-12(29)22-15-6-8-16(9-7-15)28-20(25-26-27-28)32-11-18(30)24-19-23-17(10-31-19)13-2-4-14(21)5-3-13/h2-10H,11H2,1H3,(H,22,29)(H,23,24,30). The maximum absolute atomic E-state index is 13.1. The van der Waals surface area contributed by atoms with Gasteiger partial charge in [0.25, 0.3) is 0 Å². The lowest BCUT2D eigenvalue weighted by Gasteiger charge is -2.06. The van der Waals surface area contributed by atoms with Crippen molar-refractivity contribution in [2.24, 2.45) is 0 Å². The van der Waals surface area contributed by atoms with Gasteiger partial charge in [-0.05, 0) is 59.0 Å². The van der Waals surface area contributed by atoms with Crippen LogP contribution in [0.1, 0.15) is 6.92 Å². The normalized spacial score (nSPS) is 10.7. The summed E-state index contributed by atoms with van der Waals surface area (Å²) in [4.78, 5) is 27.9. The summed E-state index contributed by atoms with van der Waals surface area (Å²) >= 11 is 2.46. The van der Waals surface area contributed by atoms with Crippen molar-refractivity contribution < 1.29 is 14.0 Å². The van der Waals surface area contributed by atoms with Crippen molar-refractivity contribution in [1.82, 2.24) is 25.2 Å². The summed E-state index contributed by atoms with van der Waals surface area (Å²) in [6.07, 6.45) is 0. The van der Waals surface area contributed by atoms with Crippen LogP contribution in [0, 0.1) is 5.82 Å². The first-order valence-electron chi connectivity index (χ1n) is 9.28. The summed E-state index contributed by atoms with van der Waals surface area (Å²) < 4.78 is 14.6. The predicted molar refractivity (Wildman–Crippen MR) is 120 cm³/mol. The zero-order valence-corrected chi connectivity index (χ0v) is 18.3. The molecule has 2 N–H and O–H groups in total. The first kappa shape index (κ1) is 21.6. The molecule has 0 saturated heterocycles. The number of benzene rings is 2. The second kappa shape index (κ2) is 9.66. The zero-order valence-electron chi connectivity index (χ0n) is 16.7. The Morgan fingerprint density at radius 1 is 1.09 bits per heavy atom.